The smallest absolute Gasteiger partial charge is 0.253 e. The van der Waals surface area contributed by atoms with E-state index in [2.05, 4.69) is 0 Å². The summed E-state index contributed by atoms with van der Waals surface area (Å²) >= 11 is 0. The number of amides is 1. The van der Waals surface area contributed by atoms with Gasteiger partial charge in [-0.15, -0.1) is 0 Å². The number of benzene rings is 1. The van der Waals surface area contributed by atoms with Crippen molar-refractivity contribution in [2.24, 2.45) is 5.92 Å². The summed E-state index contributed by atoms with van der Waals surface area (Å²) in [6.45, 7) is 0.412. The van der Waals surface area contributed by atoms with Gasteiger partial charge in [-0.25, -0.2) is 0 Å². The first-order chi connectivity index (χ1) is 8.99. The molecule has 19 heavy (non-hydrogen) atoms. The number of carbonyl (C=O) groups excluding carboxylic acids is 1. The van der Waals surface area contributed by atoms with Gasteiger partial charge < -0.3 is 14.9 Å². The molecule has 1 aliphatic carbocycles. The number of likely N-dealkylation sites (N-methyl/N-ethyl adjacent to an activating group) is 1. The molecule has 0 bridgehead atoms. The van der Waals surface area contributed by atoms with E-state index in [0.29, 0.717) is 18.0 Å². The maximum Gasteiger partial charge on any atom is 0.253 e. The van der Waals surface area contributed by atoms with Crippen LogP contribution in [0.4, 0.5) is 5.69 Å². The molecule has 0 radical (unpaired) electrons. The lowest BCUT2D eigenvalue weighted by molar-refractivity contribution is 0.0645. The second kappa shape index (κ2) is 5.61. The van der Waals surface area contributed by atoms with E-state index in [0.717, 1.165) is 18.5 Å². The molecular formula is C15H22N2O2. The number of nitrogens with zero attached hydrogens (tertiary/aromatic N) is 2. The molecule has 0 aliphatic heterocycles. The van der Waals surface area contributed by atoms with Crippen LogP contribution < -0.4 is 4.90 Å². The van der Waals surface area contributed by atoms with Crippen molar-refractivity contribution in [2.45, 2.75) is 18.9 Å². The van der Waals surface area contributed by atoms with Crippen molar-refractivity contribution in [3.63, 3.8) is 0 Å². The van der Waals surface area contributed by atoms with Crippen molar-refractivity contribution in [3.05, 3.63) is 29.8 Å². The van der Waals surface area contributed by atoms with Crippen LogP contribution in [-0.2, 0) is 0 Å². The highest BCUT2D eigenvalue weighted by molar-refractivity contribution is 5.95. The molecular weight excluding hydrogens is 240 g/mol. The van der Waals surface area contributed by atoms with E-state index in [1.165, 1.54) is 0 Å². The van der Waals surface area contributed by atoms with E-state index < -0.39 is 0 Å². The summed E-state index contributed by atoms with van der Waals surface area (Å²) in [7, 11) is 5.64. The van der Waals surface area contributed by atoms with Crippen molar-refractivity contribution in [1.29, 1.82) is 0 Å². The van der Waals surface area contributed by atoms with Crippen LogP contribution in [0.15, 0.2) is 24.3 Å². The van der Waals surface area contributed by atoms with Crippen LogP contribution in [0.1, 0.15) is 23.2 Å². The van der Waals surface area contributed by atoms with Crippen molar-refractivity contribution in [3.8, 4) is 0 Å². The molecule has 0 aromatic heterocycles. The van der Waals surface area contributed by atoms with Crippen LogP contribution in [0.2, 0.25) is 0 Å². The van der Waals surface area contributed by atoms with Crippen molar-refractivity contribution in [2.75, 3.05) is 32.6 Å². The Labute approximate surface area is 114 Å². The average molecular weight is 262 g/mol. The summed E-state index contributed by atoms with van der Waals surface area (Å²) < 4.78 is 0. The third-order valence-electron chi connectivity index (χ3n) is 3.58. The number of aliphatic hydroxyl groups is 1. The van der Waals surface area contributed by atoms with E-state index in [1.54, 1.807) is 11.9 Å². The van der Waals surface area contributed by atoms with Gasteiger partial charge in [-0.1, -0.05) is 6.07 Å². The Kier molecular flexibility index (Phi) is 4.10. The SMILES string of the molecule is CN(C[C@@H](O)C1CC1)C(=O)c1cccc(N(C)C)c1. The van der Waals surface area contributed by atoms with Crippen LogP contribution in [0.25, 0.3) is 0 Å². The van der Waals surface area contributed by atoms with E-state index in [1.807, 2.05) is 43.3 Å². The van der Waals surface area contributed by atoms with Gasteiger partial charge >= 0.3 is 0 Å². The molecule has 2 rings (SSSR count). The maximum atomic E-state index is 12.3. The molecule has 0 unspecified atom stereocenters. The lowest BCUT2D eigenvalue weighted by Gasteiger charge is -2.21. The molecule has 1 fully saturated rings. The highest BCUT2D eigenvalue weighted by Crippen LogP contribution is 2.32. The molecule has 4 nitrogen and oxygen atoms in total. The Morgan fingerprint density at radius 2 is 2.05 bits per heavy atom. The maximum absolute atomic E-state index is 12.3. The lowest BCUT2D eigenvalue weighted by atomic mass is 10.1. The zero-order valence-electron chi connectivity index (χ0n) is 11.8. The average Bonchev–Trinajstić information content (AvgIpc) is 3.22. The standard InChI is InChI=1S/C15H22N2O2/c1-16(2)13-6-4-5-12(9-13)15(19)17(3)10-14(18)11-7-8-11/h4-6,9,11,14,18H,7-8,10H2,1-3H3/t14-/m1/s1. The molecule has 1 saturated carbocycles. The van der Waals surface area contributed by atoms with Gasteiger partial charge in [-0.3, -0.25) is 4.79 Å². The number of hydrogen-bond donors (Lipinski definition) is 1. The Bertz CT molecular complexity index is 455. The van der Waals surface area contributed by atoms with Gasteiger partial charge in [0.15, 0.2) is 0 Å². The molecule has 1 aromatic rings. The first-order valence-corrected chi connectivity index (χ1v) is 6.70. The Hall–Kier alpha value is -1.55. The van der Waals surface area contributed by atoms with Crippen LogP contribution >= 0.6 is 0 Å². The number of anilines is 1. The highest BCUT2D eigenvalue weighted by Gasteiger charge is 2.31. The topological polar surface area (TPSA) is 43.8 Å². The van der Waals surface area contributed by atoms with Gasteiger partial charge in [0.2, 0.25) is 0 Å². The van der Waals surface area contributed by atoms with Crippen LogP contribution in [0.5, 0.6) is 0 Å². The summed E-state index contributed by atoms with van der Waals surface area (Å²) in [5.41, 5.74) is 1.67. The first-order valence-electron chi connectivity index (χ1n) is 6.70. The van der Waals surface area contributed by atoms with Gasteiger partial charge in [-0.05, 0) is 37.0 Å². The Balaban J connectivity index is 2.03. The summed E-state index contributed by atoms with van der Waals surface area (Å²) in [4.78, 5) is 15.9. The van der Waals surface area contributed by atoms with E-state index in [-0.39, 0.29) is 12.0 Å². The minimum Gasteiger partial charge on any atom is -0.391 e. The lowest BCUT2D eigenvalue weighted by Crippen LogP contribution is -2.35. The van der Waals surface area contributed by atoms with Gasteiger partial charge in [0.05, 0.1) is 6.10 Å². The van der Waals surface area contributed by atoms with Crippen LogP contribution in [0.3, 0.4) is 0 Å². The molecule has 104 valence electrons. The highest BCUT2D eigenvalue weighted by atomic mass is 16.3. The summed E-state index contributed by atoms with van der Waals surface area (Å²) in [6.07, 6.45) is 1.78. The van der Waals surface area contributed by atoms with Gasteiger partial charge in [0.25, 0.3) is 5.91 Å². The first kappa shape index (κ1) is 13.9. The molecule has 1 N–H and O–H groups in total. The number of aliphatic hydroxyl groups excluding tert-OH is 1. The fourth-order valence-corrected chi connectivity index (χ4v) is 2.13. The summed E-state index contributed by atoms with van der Waals surface area (Å²) in [5, 5.41) is 9.90. The number of rotatable bonds is 5. The largest absolute Gasteiger partial charge is 0.391 e. The molecule has 1 atom stereocenters. The van der Waals surface area contributed by atoms with Crippen LogP contribution in [-0.4, -0.2) is 49.7 Å². The van der Waals surface area contributed by atoms with Crippen molar-refractivity contribution in [1.82, 2.24) is 4.90 Å². The fraction of sp³-hybridized carbons (Fsp3) is 0.533. The molecule has 1 aromatic carbocycles. The van der Waals surface area contributed by atoms with Gasteiger partial charge in [-0.2, -0.15) is 0 Å². The van der Waals surface area contributed by atoms with Crippen molar-refractivity contribution < 1.29 is 9.90 Å². The molecule has 0 heterocycles. The fourth-order valence-electron chi connectivity index (χ4n) is 2.13. The minimum absolute atomic E-state index is 0.0385. The second-order valence-corrected chi connectivity index (χ2v) is 5.54. The Morgan fingerprint density at radius 3 is 2.63 bits per heavy atom. The predicted molar refractivity (Wildman–Crippen MR) is 76.5 cm³/mol. The molecule has 1 aliphatic rings. The Morgan fingerprint density at radius 1 is 1.37 bits per heavy atom. The normalized spacial score (nSPS) is 16.0. The predicted octanol–water partition coefficient (Wildman–Crippen LogP) is 1.60. The molecule has 0 saturated heterocycles. The third-order valence-corrected chi connectivity index (χ3v) is 3.58. The summed E-state index contributed by atoms with van der Waals surface area (Å²) in [5.74, 6) is 0.353. The van der Waals surface area contributed by atoms with Crippen molar-refractivity contribution >= 4 is 11.6 Å². The minimum atomic E-state index is -0.383. The van der Waals surface area contributed by atoms with Crippen LogP contribution in [0, 0.1) is 5.92 Å². The summed E-state index contributed by atoms with van der Waals surface area (Å²) in [6, 6.07) is 7.54. The monoisotopic (exact) mass is 262 g/mol. The van der Waals surface area contributed by atoms with E-state index >= 15 is 0 Å². The number of carbonyl (C=O) groups is 1. The number of hydrogen-bond acceptors (Lipinski definition) is 3. The zero-order valence-corrected chi connectivity index (χ0v) is 11.8. The quantitative estimate of drug-likeness (QED) is 0.876. The third kappa shape index (κ3) is 3.47. The molecule has 4 heteroatoms. The zero-order chi connectivity index (χ0) is 14.0. The second-order valence-electron chi connectivity index (χ2n) is 5.54. The molecule has 0 spiro atoms. The van der Waals surface area contributed by atoms with Gasteiger partial charge in [0, 0.05) is 38.9 Å². The van der Waals surface area contributed by atoms with Gasteiger partial charge in [0.1, 0.15) is 0 Å². The molecule has 1 amide bonds. The van der Waals surface area contributed by atoms with E-state index in [4.69, 9.17) is 0 Å². The van der Waals surface area contributed by atoms with E-state index in [9.17, 15) is 9.90 Å².